The molecule has 2 fully saturated rings. The van der Waals surface area contributed by atoms with Crippen LogP contribution in [0.3, 0.4) is 0 Å². The molecule has 0 spiro atoms. The number of rotatable bonds is 4. The number of aliphatic carboxylic acids is 1. The first kappa shape index (κ1) is 12.4. The van der Waals surface area contributed by atoms with Crippen molar-refractivity contribution >= 4 is 11.9 Å². The number of carboxylic acid groups (broad SMARTS) is 1. The Morgan fingerprint density at radius 2 is 2.12 bits per heavy atom. The minimum absolute atomic E-state index is 0.113. The van der Waals surface area contributed by atoms with Crippen molar-refractivity contribution in [3.63, 3.8) is 0 Å². The predicted molar refractivity (Wildman–Crippen MR) is 62.6 cm³/mol. The third-order valence-corrected chi connectivity index (χ3v) is 3.92. The van der Waals surface area contributed by atoms with E-state index in [-0.39, 0.29) is 5.91 Å². The maximum Gasteiger partial charge on any atom is 0.310 e. The summed E-state index contributed by atoms with van der Waals surface area (Å²) in [5.74, 6) is -0.648. The molecule has 1 atom stereocenters. The first-order valence-electron chi connectivity index (χ1n) is 6.14. The molecule has 1 saturated heterocycles. The molecule has 1 aliphatic carbocycles. The summed E-state index contributed by atoms with van der Waals surface area (Å²) in [4.78, 5) is 26.7. The summed E-state index contributed by atoms with van der Waals surface area (Å²) in [6.07, 6.45) is 2.84. The molecule has 1 N–H and O–H groups in total. The number of carbonyl (C=O) groups is 2. The largest absolute Gasteiger partial charge is 0.481 e. The van der Waals surface area contributed by atoms with Gasteiger partial charge in [0.15, 0.2) is 0 Å². The lowest BCUT2D eigenvalue weighted by Gasteiger charge is -2.22. The summed E-state index contributed by atoms with van der Waals surface area (Å²) >= 11 is 0. The molecular weight excluding hydrogens is 220 g/mol. The van der Waals surface area contributed by atoms with Crippen LogP contribution in [0, 0.1) is 5.41 Å². The molecule has 2 aliphatic rings. The van der Waals surface area contributed by atoms with Crippen LogP contribution in [0.1, 0.15) is 26.2 Å². The van der Waals surface area contributed by atoms with E-state index in [4.69, 9.17) is 5.11 Å². The Hall–Kier alpha value is -1.10. The SMILES string of the molecule is CN(C(=O)CN1CCC(C)(C(=O)O)C1)C1CC1. The molecule has 1 unspecified atom stereocenters. The second kappa shape index (κ2) is 4.29. The Morgan fingerprint density at radius 1 is 1.47 bits per heavy atom. The minimum Gasteiger partial charge on any atom is -0.481 e. The van der Waals surface area contributed by atoms with Crippen molar-refractivity contribution in [1.82, 2.24) is 9.80 Å². The summed E-state index contributed by atoms with van der Waals surface area (Å²) in [7, 11) is 1.84. The highest BCUT2D eigenvalue weighted by atomic mass is 16.4. The van der Waals surface area contributed by atoms with Crippen molar-refractivity contribution in [2.75, 3.05) is 26.7 Å². The molecule has 0 bridgehead atoms. The van der Waals surface area contributed by atoms with Crippen LogP contribution in [0.15, 0.2) is 0 Å². The minimum atomic E-state index is -0.761. The molecule has 5 heteroatoms. The van der Waals surface area contributed by atoms with Crippen LogP contribution in [0.4, 0.5) is 0 Å². The number of hydrogen-bond acceptors (Lipinski definition) is 3. The van der Waals surface area contributed by atoms with Gasteiger partial charge in [-0.05, 0) is 32.7 Å². The zero-order valence-electron chi connectivity index (χ0n) is 10.5. The Balaban J connectivity index is 1.85. The Kier molecular flexibility index (Phi) is 3.12. The standard InChI is InChI=1S/C12H20N2O3/c1-12(11(16)17)5-6-14(8-12)7-10(15)13(2)9-3-4-9/h9H,3-8H2,1-2H3,(H,16,17). The van der Waals surface area contributed by atoms with Gasteiger partial charge in [0.25, 0.3) is 0 Å². The Bertz CT molecular complexity index is 341. The van der Waals surface area contributed by atoms with Crippen molar-refractivity contribution in [3.8, 4) is 0 Å². The number of hydrogen-bond donors (Lipinski definition) is 1. The number of nitrogens with zero attached hydrogens (tertiary/aromatic N) is 2. The van der Waals surface area contributed by atoms with E-state index >= 15 is 0 Å². The van der Waals surface area contributed by atoms with Crippen molar-refractivity contribution in [2.45, 2.75) is 32.2 Å². The van der Waals surface area contributed by atoms with Gasteiger partial charge < -0.3 is 10.0 Å². The highest BCUT2D eigenvalue weighted by Gasteiger charge is 2.41. The molecule has 2 rings (SSSR count). The lowest BCUT2D eigenvalue weighted by atomic mass is 9.90. The summed E-state index contributed by atoms with van der Waals surface area (Å²) < 4.78 is 0. The third kappa shape index (κ3) is 2.60. The van der Waals surface area contributed by atoms with E-state index in [1.807, 2.05) is 11.9 Å². The van der Waals surface area contributed by atoms with Crippen LogP contribution < -0.4 is 0 Å². The number of amides is 1. The smallest absolute Gasteiger partial charge is 0.310 e. The second-order valence-electron chi connectivity index (χ2n) is 5.56. The predicted octanol–water partition coefficient (Wildman–Crippen LogP) is 0.404. The number of likely N-dealkylation sites (tertiary alicyclic amines) is 1. The van der Waals surface area contributed by atoms with Gasteiger partial charge >= 0.3 is 5.97 Å². The van der Waals surface area contributed by atoms with Crippen molar-refractivity contribution in [1.29, 1.82) is 0 Å². The first-order chi connectivity index (χ1) is 7.92. The zero-order chi connectivity index (χ0) is 12.6. The maximum absolute atomic E-state index is 11.9. The van der Waals surface area contributed by atoms with Crippen LogP contribution in [0.25, 0.3) is 0 Å². The molecule has 0 aromatic carbocycles. The van der Waals surface area contributed by atoms with Gasteiger partial charge in [0, 0.05) is 19.6 Å². The number of carboxylic acids is 1. The summed E-state index contributed by atoms with van der Waals surface area (Å²) in [6.45, 7) is 3.29. The van der Waals surface area contributed by atoms with Gasteiger partial charge in [-0.15, -0.1) is 0 Å². The van der Waals surface area contributed by atoms with E-state index in [0.717, 1.165) is 12.8 Å². The van der Waals surface area contributed by atoms with Crippen molar-refractivity contribution < 1.29 is 14.7 Å². The fourth-order valence-corrected chi connectivity index (χ4v) is 2.33. The molecule has 1 amide bonds. The van der Waals surface area contributed by atoms with Gasteiger partial charge in [0.2, 0.25) is 5.91 Å². The van der Waals surface area contributed by atoms with E-state index < -0.39 is 11.4 Å². The third-order valence-electron chi connectivity index (χ3n) is 3.92. The van der Waals surface area contributed by atoms with Crippen LogP contribution in [0.5, 0.6) is 0 Å². The first-order valence-corrected chi connectivity index (χ1v) is 6.14. The normalized spacial score (nSPS) is 29.3. The van der Waals surface area contributed by atoms with Crippen LogP contribution in [-0.2, 0) is 9.59 Å². The van der Waals surface area contributed by atoms with Gasteiger partial charge in [-0.2, -0.15) is 0 Å². The molecule has 0 aromatic rings. The van der Waals surface area contributed by atoms with Crippen LogP contribution in [-0.4, -0.2) is 59.5 Å². The summed E-state index contributed by atoms with van der Waals surface area (Å²) in [6, 6.07) is 0.427. The van der Waals surface area contributed by atoms with Crippen molar-refractivity contribution in [3.05, 3.63) is 0 Å². The van der Waals surface area contributed by atoms with Gasteiger partial charge in [-0.1, -0.05) is 0 Å². The molecule has 17 heavy (non-hydrogen) atoms. The molecule has 0 aromatic heterocycles. The lowest BCUT2D eigenvalue weighted by Crippen LogP contribution is -2.40. The summed E-state index contributed by atoms with van der Waals surface area (Å²) in [5, 5.41) is 9.11. The average molecular weight is 240 g/mol. The molecule has 1 heterocycles. The maximum atomic E-state index is 11.9. The van der Waals surface area contributed by atoms with Crippen molar-refractivity contribution in [2.24, 2.45) is 5.41 Å². The van der Waals surface area contributed by atoms with E-state index in [2.05, 4.69) is 0 Å². The summed E-state index contributed by atoms with van der Waals surface area (Å²) in [5.41, 5.74) is -0.682. The number of carbonyl (C=O) groups excluding carboxylic acids is 1. The van der Waals surface area contributed by atoms with E-state index in [0.29, 0.717) is 32.1 Å². The second-order valence-corrected chi connectivity index (χ2v) is 5.56. The van der Waals surface area contributed by atoms with E-state index in [1.54, 1.807) is 11.8 Å². The average Bonchev–Trinajstić information content (AvgIpc) is 3.03. The van der Waals surface area contributed by atoms with Crippen LogP contribution >= 0.6 is 0 Å². The van der Waals surface area contributed by atoms with Gasteiger partial charge in [0.05, 0.1) is 12.0 Å². The fraction of sp³-hybridized carbons (Fsp3) is 0.833. The quantitative estimate of drug-likeness (QED) is 0.773. The Morgan fingerprint density at radius 3 is 2.59 bits per heavy atom. The molecule has 5 nitrogen and oxygen atoms in total. The van der Waals surface area contributed by atoms with Crippen LogP contribution in [0.2, 0.25) is 0 Å². The highest BCUT2D eigenvalue weighted by Crippen LogP contribution is 2.30. The van der Waals surface area contributed by atoms with E-state index in [9.17, 15) is 9.59 Å². The fourth-order valence-electron chi connectivity index (χ4n) is 2.33. The number of likely N-dealkylation sites (N-methyl/N-ethyl adjacent to an activating group) is 1. The van der Waals surface area contributed by atoms with E-state index in [1.165, 1.54) is 0 Å². The van der Waals surface area contributed by atoms with Gasteiger partial charge in [-0.25, -0.2) is 0 Å². The highest BCUT2D eigenvalue weighted by molar-refractivity contribution is 5.79. The van der Waals surface area contributed by atoms with Gasteiger partial charge in [-0.3, -0.25) is 14.5 Å². The lowest BCUT2D eigenvalue weighted by molar-refractivity contribution is -0.147. The molecule has 1 saturated carbocycles. The Labute approximate surface area is 101 Å². The molecule has 96 valence electrons. The zero-order valence-corrected chi connectivity index (χ0v) is 10.5. The topological polar surface area (TPSA) is 60.9 Å². The molecular formula is C12H20N2O3. The molecule has 0 radical (unpaired) electrons. The van der Waals surface area contributed by atoms with Gasteiger partial charge in [0.1, 0.15) is 0 Å². The molecule has 1 aliphatic heterocycles. The monoisotopic (exact) mass is 240 g/mol.